The summed E-state index contributed by atoms with van der Waals surface area (Å²) >= 11 is 8.18. The predicted molar refractivity (Wildman–Crippen MR) is 114 cm³/mol. The number of nitrogens with two attached hydrogens (primary N) is 1. The van der Waals surface area contributed by atoms with Gasteiger partial charge in [-0.3, -0.25) is 4.99 Å². The van der Waals surface area contributed by atoms with Gasteiger partial charge in [0.25, 0.3) is 0 Å². The molecule has 0 atom stereocenters. The minimum atomic E-state index is -0.0156. The lowest BCUT2D eigenvalue weighted by molar-refractivity contribution is 0.0530. The van der Waals surface area contributed by atoms with Crippen LogP contribution in [0.2, 0.25) is 5.02 Å². The fraction of sp³-hybridized carbons (Fsp3) is 0.588. The Bertz CT molecular complexity index is 561. The molecule has 2 heterocycles. The molecule has 7 heteroatoms. The van der Waals surface area contributed by atoms with Gasteiger partial charge in [-0.1, -0.05) is 23.7 Å². The summed E-state index contributed by atoms with van der Waals surface area (Å²) in [5.74, 6) is 2.94. The van der Waals surface area contributed by atoms with Crippen LogP contribution in [0.25, 0.3) is 0 Å². The molecule has 2 fully saturated rings. The number of aliphatic imine (C=N–C) groups is 1. The molecule has 1 aromatic rings. The molecule has 0 amide bonds. The van der Waals surface area contributed by atoms with Gasteiger partial charge in [0.1, 0.15) is 0 Å². The van der Waals surface area contributed by atoms with E-state index in [-0.39, 0.29) is 29.4 Å². The molecule has 2 saturated heterocycles. The van der Waals surface area contributed by atoms with Crippen molar-refractivity contribution >= 4 is 53.3 Å². The quantitative estimate of drug-likeness (QED) is 0.409. The largest absolute Gasteiger partial charge is 0.381 e. The van der Waals surface area contributed by atoms with Gasteiger partial charge in [-0.15, -0.1) is 24.0 Å². The first kappa shape index (κ1) is 20.1. The predicted octanol–water partition coefficient (Wildman–Crippen LogP) is 3.37. The second-order valence-electron chi connectivity index (χ2n) is 6.18. The Morgan fingerprint density at radius 2 is 2.00 bits per heavy atom. The van der Waals surface area contributed by atoms with E-state index >= 15 is 0 Å². The van der Waals surface area contributed by atoms with Gasteiger partial charge in [-0.25, -0.2) is 0 Å². The lowest BCUT2D eigenvalue weighted by Gasteiger charge is -2.37. The monoisotopic (exact) mass is 481 g/mol. The van der Waals surface area contributed by atoms with Crippen LogP contribution in [0, 0.1) is 0 Å². The van der Waals surface area contributed by atoms with E-state index in [0.717, 1.165) is 55.7 Å². The third-order valence-corrected chi connectivity index (χ3v) is 5.94. The average molecular weight is 482 g/mol. The van der Waals surface area contributed by atoms with Gasteiger partial charge in [-0.05, 0) is 30.5 Å². The minimum absolute atomic E-state index is 0. The van der Waals surface area contributed by atoms with Gasteiger partial charge < -0.3 is 15.4 Å². The van der Waals surface area contributed by atoms with Gasteiger partial charge in [-0.2, -0.15) is 11.8 Å². The third-order valence-electron chi connectivity index (χ3n) is 4.77. The van der Waals surface area contributed by atoms with Crippen molar-refractivity contribution in [2.75, 3.05) is 44.4 Å². The number of thioether (sulfide) groups is 1. The number of guanidine groups is 1. The highest BCUT2D eigenvalue weighted by Gasteiger charge is 2.34. The normalized spacial score (nSPS) is 21.2. The highest BCUT2D eigenvalue weighted by atomic mass is 127. The van der Waals surface area contributed by atoms with E-state index in [1.54, 1.807) is 0 Å². The topological polar surface area (TPSA) is 50.9 Å². The van der Waals surface area contributed by atoms with Crippen LogP contribution in [0.3, 0.4) is 0 Å². The Hall–Kier alpha value is -0.180. The zero-order valence-electron chi connectivity index (χ0n) is 13.7. The standard InChI is InChI=1S/C17H24ClN3OS.HI/c18-15-3-1-2-14(12-15)17(4-8-22-9-5-17)13-20-16(19)21-6-10-23-11-7-21;/h1-3,12H,4-11,13H2,(H2,19,20);1H. The zero-order chi connectivity index (χ0) is 16.1. The van der Waals surface area contributed by atoms with E-state index < -0.39 is 0 Å². The molecule has 134 valence electrons. The molecule has 0 aromatic heterocycles. The molecule has 0 spiro atoms. The lowest BCUT2D eigenvalue weighted by Crippen LogP contribution is -2.44. The smallest absolute Gasteiger partial charge is 0.191 e. The second kappa shape index (κ2) is 9.50. The van der Waals surface area contributed by atoms with Crippen molar-refractivity contribution in [2.24, 2.45) is 10.7 Å². The van der Waals surface area contributed by atoms with E-state index in [0.29, 0.717) is 12.5 Å². The molecule has 2 aliphatic heterocycles. The van der Waals surface area contributed by atoms with E-state index in [9.17, 15) is 0 Å². The van der Waals surface area contributed by atoms with Crippen LogP contribution >= 0.6 is 47.3 Å². The highest BCUT2D eigenvalue weighted by molar-refractivity contribution is 14.0. The highest BCUT2D eigenvalue weighted by Crippen LogP contribution is 2.36. The van der Waals surface area contributed by atoms with Crippen LogP contribution in [0.15, 0.2) is 29.3 Å². The van der Waals surface area contributed by atoms with Gasteiger partial charge in [0.05, 0.1) is 6.54 Å². The fourth-order valence-electron chi connectivity index (χ4n) is 3.24. The number of halogens is 2. The fourth-order valence-corrected chi connectivity index (χ4v) is 4.34. The molecular formula is C17H25ClIN3OS. The summed E-state index contributed by atoms with van der Waals surface area (Å²) in [6, 6.07) is 8.15. The van der Waals surface area contributed by atoms with Crippen molar-refractivity contribution in [1.29, 1.82) is 0 Å². The maximum atomic E-state index is 6.24. The third kappa shape index (κ3) is 4.93. The van der Waals surface area contributed by atoms with Crippen molar-refractivity contribution in [1.82, 2.24) is 4.90 Å². The van der Waals surface area contributed by atoms with Crippen molar-refractivity contribution in [2.45, 2.75) is 18.3 Å². The molecule has 0 unspecified atom stereocenters. The van der Waals surface area contributed by atoms with Gasteiger partial charge in [0.15, 0.2) is 5.96 Å². The van der Waals surface area contributed by atoms with Crippen molar-refractivity contribution < 1.29 is 4.74 Å². The van der Waals surface area contributed by atoms with Crippen molar-refractivity contribution in [3.63, 3.8) is 0 Å². The van der Waals surface area contributed by atoms with Crippen LogP contribution < -0.4 is 5.73 Å². The van der Waals surface area contributed by atoms with Gasteiger partial charge in [0, 0.05) is 48.2 Å². The Kier molecular flexibility index (Phi) is 7.97. The summed E-state index contributed by atoms with van der Waals surface area (Å²) in [6.45, 7) is 4.22. The maximum Gasteiger partial charge on any atom is 0.191 e. The molecule has 0 bridgehead atoms. The second-order valence-corrected chi connectivity index (χ2v) is 7.84. The van der Waals surface area contributed by atoms with Crippen LogP contribution in [-0.2, 0) is 10.2 Å². The molecule has 2 N–H and O–H groups in total. The first-order valence-corrected chi connectivity index (χ1v) is 9.69. The molecule has 3 rings (SSSR count). The number of hydrogen-bond donors (Lipinski definition) is 1. The number of rotatable bonds is 3. The number of hydrogen-bond acceptors (Lipinski definition) is 3. The summed E-state index contributed by atoms with van der Waals surface area (Å²) in [7, 11) is 0. The molecule has 0 saturated carbocycles. The SMILES string of the molecule is I.NC(=NCC1(c2cccc(Cl)c2)CCOCC1)N1CCSCC1. The Labute approximate surface area is 170 Å². The number of benzene rings is 1. The Morgan fingerprint density at radius 3 is 2.67 bits per heavy atom. The van der Waals surface area contributed by atoms with Crippen LogP contribution in [0.5, 0.6) is 0 Å². The van der Waals surface area contributed by atoms with E-state index in [4.69, 9.17) is 27.1 Å². The number of nitrogens with zero attached hydrogens (tertiary/aromatic N) is 2. The van der Waals surface area contributed by atoms with Crippen LogP contribution in [0.1, 0.15) is 18.4 Å². The van der Waals surface area contributed by atoms with Gasteiger partial charge in [0.2, 0.25) is 0 Å². The van der Waals surface area contributed by atoms with E-state index in [1.165, 1.54) is 5.56 Å². The summed E-state index contributed by atoms with van der Waals surface area (Å²) in [5.41, 5.74) is 7.48. The first-order valence-electron chi connectivity index (χ1n) is 8.16. The molecule has 24 heavy (non-hydrogen) atoms. The summed E-state index contributed by atoms with van der Waals surface area (Å²) in [6.07, 6.45) is 1.92. The molecule has 4 nitrogen and oxygen atoms in total. The summed E-state index contributed by atoms with van der Waals surface area (Å²) in [4.78, 5) is 6.96. The lowest BCUT2D eigenvalue weighted by atomic mass is 9.74. The van der Waals surface area contributed by atoms with Crippen LogP contribution in [-0.4, -0.2) is 55.2 Å². The Morgan fingerprint density at radius 1 is 1.29 bits per heavy atom. The first-order chi connectivity index (χ1) is 11.2. The summed E-state index contributed by atoms with van der Waals surface area (Å²) < 4.78 is 5.57. The minimum Gasteiger partial charge on any atom is -0.381 e. The average Bonchev–Trinajstić information content (AvgIpc) is 2.61. The molecule has 2 aliphatic rings. The van der Waals surface area contributed by atoms with Gasteiger partial charge >= 0.3 is 0 Å². The summed E-state index contributed by atoms with van der Waals surface area (Å²) in [5, 5.41) is 0.776. The zero-order valence-corrected chi connectivity index (χ0v) is 17.7. The Balaban J connectivity index is 0.00000208. The molecule has 0 radical (unpaired) electrons. The van der Waals surface area contributed by atoms with Crippen molar-refractivity contribution in [3.05, 3.63) is 34.9 Å². The van der Waals surface area contributed by atoms with Crippen molar-refractivity contribution in [3.8, 4) is 0 Å². The molecule has 1 aromatic carbocycles. The molecular weight excluding hydrogens is 457 g/mol. The molecule has 0 aliphatic carbocycles. The van der Waals surface area contributed by atoms with E-state index in [1.807, 2.05) is 23.9 Å². The maximum absolute atomic E-state index is 6.24. The van der Waals surface area contributed by atoms with E-state index in [2.05, 4.69) is 17.0 Å². The number of ether oxygens (including phenoxy) is 1. The van der Waals surface area contributed by atoms with Crippen LogP contribution in [0.4, 0.5) is 0 Å².